The highest BCUT2D eigenvalue weighted by Gasteiger charge is 2.21. The number of halogens is 1. The summed E-state index contributed by atoms with van der Waals surface area (Å²) < 4.78 is 1.91. The van der Waals surface area contributed by atoms with E-state index in [1.54, 1.807) is 0 Å². The molecular weight excluding hydrogens is 250 g/mol. The summed E-state index contributed by atoms with van der Waals surface area (Å²) in [4.78, 5) is 0. The molecule has 0 fully saturated rings. The number of aliphatic hydroxyl groups excluding tert-OH is 1. The molecule has 2 heterocycles. The van der Waals surface area contributed by atoms with Crippen molar-refractivity contribution in [2.45, 2.75) is 12.6 Å². The molecule has 3 rings (SSSR count). The molecule has 0 bridgehead atoms. The largest absolute Gasteiger partial charge is 0.394 e. The number of aliphatic hydroxyl groups is 1. The fraction of sp³-hybridized carbons (Fsp3) is 0.308. The number of fused-ring (bicyclic) bond motifs is 1. The van der Waals surface area contributed by atoms with Gasteiger partial charge in [0.15, 0.2) is 0 Å². The molecule has 0 saturated heterocycles. The fourth-order valence-corrected chi connectivity index (χ4v) is 2.46. The first-order valence-corrected chi connectivity index (χ1v) is 6.31. The predicted octanol–water partition coefficient (Wildman–Crippen LogP) is 1.84. The lowest BCUT2D eigenvalue weighted by Gasteiger charge is -2.23. The summed E-state index contributed by atoms with van der Waals surface area (Å²) in [6.07, 6.45) is 0. The van der Waals surface area contributed by atoms with Gasteiger partial charge in [0, 0.05) is 23.7 Å². The van der Waals surface area contributed by atoms with E-state index in [-0.39, 0.29) is 12.6 Å². The summed E-state index contributed by atoms with van der Waals surface area (Å²) >= 11 is 5.99. The molecule has 1 unspecified atom stereocenters. The summed E-state index contributed by atoms with van der Waals surface area (Å²) in [6, 6.07) is 9.71. The van der Waals surface area contributed by atoms with E-state index >= 15 is 0 Å². The van der Waals surface area contributed by atoms with Crippen molar-refractivity contribution in [2.75, 3.05) is 13.2 Å². The van der Waals surface area contributed by atoms with Crippen LogP contribution in [0.25, 0.3) is 11.3 Å². The van der Waals surface area contributed by atoms with Gasteiger partial charge in [-0.25, -0.2) is 0 Å². The Kier molecular flexibility index (Phi) is 3.07. The topological polar surface area (TPSA) is 50.1 Å². The van der Waals surface area contributed by atoms with E-state index in [1.807, 2.05) is 35.0 Å². The van der Waals surface area contributed by atoms with Gasteiger partial charge in [0.25, 0.3) is 0 Å². The number of nitrogens with one attached hydrogen (secondary N) is 1. The molecule has 1 aliphatic heterocycles. The van der Waals surface area contributed by atoms with Crippen molar-refractivity contribution in [3.63, 3.8) is 0 Å². The highest BCUT2D eigenvalue weighted by molar-refractivity contribution is 6.30. The fourth-order valence-electron chi connectivity index (χ4n) is 2.27. The Morgan fingerprint density at radius 2 is 2.33 bits per heavy atom. The first-order chi connectivity index (χ1) is 8.78. The highest BCUT2D eigenvalue weighted by Crippen LogP contribution is 2.25. The Labute approximate surface area is 110 Å². The lowest BCUT2D eigenvalue weighted by molar-refractivity contribution is 0.200. The van der Waals surface area contributed by atoms with E-state index in [2.05, 4.69) is 10.4 Å². The minimum atomic E-state index is 0.0154. The standard InChI is InChI=1S/C13H14ClN3O/c14-10-3-1-2-9(4-10)13-5-11-6-15-7-12(8-18)17(11)16-13/h1-5,12,15,18H,6-8H2. The third-order valence-corrected chi connectivity index (χ3v) is 3.41. The smallest absolute Gasteiger partial charge is 0.0927 e. The monoisotopic (exact) mass is 263 g/mol. The Hall–Kier alpha value is -1.36. The minimum Gasteiger partial charge on any atom is -0.394 e. The molecule has 0 amide bonds. The third kappa shape index (κ3) is 2.03. The molecule has 0 radical (unpaired) electrons. The van der Waals surface area contributed by atoms with Crippen LogP contribution in [-0.2, 0) is 6.54 Å². The van der Waals surface area contributed by atoms with E-state index in [1.165, 1.54) is 0 Å². The Bertz CT molecular complexity index is 567. The van der Waals surface area contributed by atoms with Crippen LogP contribution in [0.5, 0.6) is 0 Å². The molecule has 2 N–H and O–H groups in total. The van der Waals surface area contributed by atoms with Crippen molar-refractivity contribution in [3.05, 3.63) is 41.0 Å². The van der Waals surface area contributed by atoms with Gasteiger partial charge in [0.2, 0.25) is 0 Å². The van der Waals surface area contributed by atoms with E-state index in [0.717, 1.165) is 30.0 Å². The van der Waals surface area contributed by atoms with Crippen LogP contribution in [0.1, 0.15) is 11.7 Å². The second-order valence-corrected chi connectivity index (χ2v) is 4.88. The van der Waals surface area contributed by atoms with Gasteiger partial charge in [-0.1, -0.05) is 23.7 Å². The molecule has 94 valence electrons. The van der Waals surface area contributed by atoms with Crippen LogP contribution in [0, 0.1) is 0 Å². The van der Waals surface area contributed by atoms with Crippen molar-refractivity contribution < 1.29 is 5.11 Å². The highest BCUT2D eigenvalue weighted by atomic mass is 35.5. The number of benzene rings is 1. The van der Waals surface area contributed by atoms with Crippen molar-refractivity contribution in [1.82, 2.24) is 15.1 Å². The summed E-state index contributed by atoms with van der Waals surface area (Å²) in [5.74, 6) is 0. The van der Waals surface area contributed by atoms with Crippen LogP contribution in [0.4, 0.5) is 0 Å². The average Bonchev–Trinajstić information content (AvgIpc) is 2.82. The summed E-state index contributed by atoms with van der Waals surface area (Å²) in [7, 11) is 0. The summed E-state index contributed by atoms with van der Waals surface area (Å²) in [6.45, 7) is 1.63. The maximum atomic E-state index is 9.34. The Morgan fingerprint density at radius 1 is 1.44 bits per heavy atom. The van der Waals surface area contributed by atoms with Crippen molar-refractivity contribution >= 4 is 11.6 Å². The van der Waals surface area contributed by atoms with E-state index in [4.69, 9.17) is 11.6 Å². The minimum absolute atomic E-state index is 0.0154. The molecule has 1 aromatic heterocycles. The quantitative estimate of drug-likeness (QED) is 0.869. The van der Waals surface area contributed by atoms with Crippen molar-refractivity contribution in [1.29, 1.82) is 0 Å². The van der Waals surface area contributed by atoms with Crippen molar-refractivity contribution in [3.8, 4) is 11.3 Å². The molecule has 1 atom stereocenters. The number of nitrogens with zero attached hydrogens (tertiary/aromatic N) is 2. The van der Waals surface area contributed by atoms with Crippen LogP contribution in [-0.4, -0.2) is 28.0 Å². The molecule has 1 aromatic carbocycles. The van der Waals surface area contributed by atoms with Crippen LogP contribution < -0.4 is 5.32 Å². The molecule has 4 nitrogen and oxygen atoms in total. The molecule has 0 saturated carbocycles. The van der Waals surface area contributed by atoms with Crippen molar-refractivity contribution in [2.24, 2.45) is 0 Å². The summed E-state index contributed by atoms with van der Waals surface area (Å²) in [5.41, 5.74) is 2.99. The number of hydrogen-bond donors (Lipinski definition) is 2. The first-order valence-electron chi connectivity index (χ1n) is 5.94. The first kappa shape index (κ1) is 11.7. The Balaban J connectivity index is 2.02. The molecule has 1 aliphatic rings. The van der Waals surface area contributed by atoms with Gasteiger partial charge in [0.1, 0.15) is 0 Å². The number of aromatic nitrogens is 2. The van der Waals surface area contributed by atoms with Crippen LogP contribution in [0.3, 0.4) is 0 Å². The predicted molar refractivity (Wildman–Crippen MR) is 70.5 cm³/mol. The summed E-state index contributed by atoms with van der Waals surface area (Å²) in [5, 5.41) is 17.9. The number of rotatable bonds is 2. The van der Waals surface area contributed by atoms with Gasteiger partial charge in [-0.3, -0.25) is 4.68 Å². The zero-order chi connectivity index (χ0) is 12.5. The zero-order valence-corrected chi connectivity index (χ0v) is 10.6. The van der Waals surface area contributed by atoms with Crippen LogP contribution >= 0.6 is 11.6 Å². The second-order valence-electron chi connectivity index (χ2n) is 4.44. The molecule has 2 aromatic rings. The lowest BCUT2D eigenvalue weighted by atomic mass is 10.1. The van der Waals surface area contributed by atoms with Gasteiger partial charge in [-0.15, -0.1) is 0 Å². The maximum Gasteiger partial charge on any atom is 0.0927 e. The van der Waals surface area contributed by atoms with Gasteiger partial charge in [-0.2, -0.15) is 5.10 Å². The van der Waals surface area contributed by atoms with Crippen LogP contribution in [0.15, 0.2) is 30.3 Å². The third-order valence-electron chi connectivity index (χ3n) is 3.18. The SMILES string of the molecule is OCC1CNCc2cc(-c3cccc(Cl)c3)nn21. The van der Waals surface area contributed by atoms with Gasteiger partial charge >= 0.3 is 0 Å². The molecule has 0 aliphatic carbocycles. The van der Waals surface area contributed by atoms with Gasteiger partial charge in [-0.05, 0) is 18.2 Å². The Morgan fingerprint density at radius 3 is 3.11 bits per heavy atom. The lowest BCUT2D eigenvalue weighted by Crippen LogP contribution is -2.35. The van der Waals surface area contributed by atoms with E-state index in [9.17, 15) is 5.11 Å². The van der Waals surface area contributed by atoms with Crippen LogP contribution in [0.2, 0.25) is 5.02 Å². The molecule has 5 heteroatoms. The molecule has 18 heavy (non-hydrogen) atoms. The average molecular weight is 264 g/mol. The normalized spacial score (nSPS) is 18.7. The zero-order valence-electron chi connectivity index (χ0n) is 9.81. The van der Waals surface area contributed by atoms with Gasteiger partial charge < -0.3 is 10.4 Å². The van der Waals surface area contributed by atoms with E-state index < -0.39 is 0 Å². The van der Waals surface area contributed by atoms with E-state index in [0.29, 0.717) is 5.02 Å². The number of hydrogen-bond acceptors (Lipinski definition) is 3. The molecular formula is C13H14ClN3O. The van der Waals surface area contributed by atoms with Gasteiger partial charge in [0.05, 0.1) is 24.0 Å². The second kappa shape index (κ2) is 4.72. The molecule has 0 spiro atoms. The maximum absolute atomic E-state index is 9.34.